The van der Waals surface area contributed by atoms with Crippen LogP contribution in [0, 0.1) is 0 Å². The number of rotatable bonds is 3. The molecule has 0 aliphatic heterocycles. The van der Waals surface area contributed by atoms with Crippen molar-refractivity contribution in [3.63, 3.8) is 0 Å². The summed E-state index contributed by atoms with van der Waals surface area (Å²) in [5.41, 5.74) is 2.59. The van der Waals surface area contributed by atoms with Crippen molar-refractivity contribution in [2.24, 2.45) is 7.05 Å². The minimum atomic E-state index is -0.429. The van der Waals surface area contributed by atoms with Crippen LogP contribution in [0.3, 0.4) is 0 Å². The van der Waals surface area contributed by atoms with Crippen molar-refractivity contribution in [3.05, 3.63) is 68.6 Å². The Morgan fingerprint density at radius 2 is 2.05 bits per heavy atom. The standard InChI is InChI=1S/C16H12BrNO3/c1-18-13-6-5-11(9-15(13)21-16(18)20)14(19)8-10-3-2-4-12(17)7-10/h2-7,9H,8H2,1H3. The molecule has 0 N–H and O–H groups in total. The predicted molar refractivity (Wildman–Crippen MR) is 83.6 cm³/mol. The van der Waals surface area contributed by atoms with E-state index in [1.54, 1.807) is 25.2 Å². The smallest absolute Gasteiger partial charge is 0.408 e. The summed E-state index contributed by atoms with van der Waals surface area (Å²) < 4.78 is 7.46. The molecule has 0 saturated carbocycles. The van der Waals surface area contributed by atoms with Crippen LogP contribution in [0.1, 0.15) is 15.9 Å². The summed E-state index contributed by atoms with van der Waals surface area (Å²) >= 11 is 3.39. The van der Waals surface area contributed by atoms with Gasteiger partial charge in [-0.2, -0.15) is 0 Å². The van der Waals surface area contributed by atoms with Crippen LogP contribution in [0.25, 0.3) is 11.1 Å². The molecule has 0 radical (unpaired) electrons. The molecule has 1 heterocycles. The quantitative estimate of drug-likeness (QED) is 0.684. The Labute approximate surface area is 129 Å². The number of oxazole rings is 1. The van der Waals surface area contributed by atoms with Crippen molar-refractivity contribution >= 4 is 32.8 Å². The van der Waals surface area contributed by atoms with E-state index < -0.39 is 5.76 Å². The molecule has 0 bridgehead atoms. The maximum atomic E-state index is 12.3. The highest BCUT2D eigenvalue weighted by atomic mass is 79.9. The molecule has 3 aromatic rings. The van der Waals surface area contributed by atoms with Crippen molar-refractivity contribution < 1.29 is 9.21 Å². The summed E-state index contributed by atoms with van der Waals surface area (Å²) in [4.78, 5) is 23.8. The maximum Gasteiger partial charge on any atom is 0.419 e. The molecule has 0 unspecified atom stereocenters. The van der Waals surface area contributed by atoms with Crippen molar-refractivity contribution in [1.29, 1.82) is 0 Å². The first-order valence-corrected chi connectivity index (χ1v) is 7.21. The summed E-state index contributed by atoms with van der Waals surface area (Å²) in [7, 11) is 1.64. The summed E-state index contributed by atoms with van der Waals surface area (Å²) in [5, 5.41) is 0. The first kappa shape index (κ1) is 13.8. The van der Waals surface area contributed by atoms with Crippen LogP contribution < -0.4 is 5.76 Å². The average molecular weight is 346 g/mol. The van der Waals surface area contributed by atoms with Gasteiger partial charge in [0.1, 0.15) is 0 Å². The van der Waals surface area contributed by atoms with E-state index in [-0.39, 0.29) is 5.78 Å². The lowest BCUT2D eigenvalue weighted by molar-refractivity contribution is 0.0993. The number of Topliss-reactive ketones (excluding diaryl/α,β-unsaturated/α-hetero) is 1. The lowest BCUT2D eigenvalue weighted by Crippen LogP contribution is -2.08. The lowest BCUT2D eigenvalue weighted by Gasteiger charge is -2.02. The van der Waals surface area contributed by atoms with Gasteiger partial charge in [-0.1, -0.05) is 28.1 Å². The number of carbonyl (C=O) groups is 1. The largest absolute Gasteiger partial charge is 0.419 e. The number of hydrogen-bond donors (Lipinski definition) is 0. The van der Waals surface area contributed by atoms with Gasteiger partial charge >= 0.3 is 5.76 Å². The van der Waals surface area contributed by atoms with Crippen LogP contribution in [0.4, 0.5) is 0 Å². The Kier molecular flexibility index (Phi) is 3.51. The van der Waals surface area contributed by atoms with Crippen LogP contribution in [0.2, 0.25) is 0 Å². The number of hydrogen-bond acceptors (Lipinski definition) is 3. The Bertz CT molecular complexity index is 892. The number of nitrogens with zero attached hydrogens (tertiary/aromatic N) is 1. The second-order valence-corrected chi connectivity index (χ2v) is 5.76. The van der Waals surface area contributed by atoms with Gasteiger partial charge in [-0.25, -0.2) is 4.79 Å². The highest BCUT2D eigenvalue weighted by Crippen LogP contribution is 2.17. The molecule has 2 aromatic carbocycles. The topological polar surface area (TPSA) is 52.2 Å². The zero-order valence-electron chi connectivity index (χ0n) is 11.3. The molecule has 0 amide bonds. The number of fused-ring (bicyclic) bond motifs is 1. The number of aromatic nitrogens is 1. The van der Waals surface area contributed by atoms with E-state index in [0.29, 0.717) is 23.1 Å². The van der Waals surface area contributed by atoms with E-state index in [4.69, 9.17) is 4.42 Å². The van der Waals surface area contributed by atoms with E-state index in [0.717, 1.165) is 10.0 Å². The molecule has 106 valence electrons. The van der Waals surface area contributed by atoms with Gasteiger partial charge in [0.25, 0.3) is 0 Å². The third kappa shape index (κ3) is 2.69. The molecule has 1 aromatic heterocycles. The number of carbonyl (C=O) groups excluding carboxylic acids is 1. The van der Waals surface area contributed by atoms with Crippen LogP contribution in [0.15, 0.2) is 56.1 Å². The van der Waals surface area contributed by atoms with Gasteiger partial charge in [-0.15, -0.1) is 0 Å². The number of ketones is 1. The van der Waals surface area contributed by atoms with Gasteiger partial charge < -0.3 is 4.42 Å². The van der Waals surface area contributed by atoms with Crippen molar-refractivity contribution in [3.8, 4) is 0 Å². The Morgan fingerprint density at radius 3 is 2.81 bits per heavy atom. The van der Waals surface area contributed by atoms with Gasteiger partial charge in [0, 0.05) is 23.5 Å². The van der Waals surface area contributed by atoms with Crippen LogP contribution >= 0.6 is 15.9 Å². The van der Waals surface area contributed by atoms with Crippen molar-refractivity contribution in [2.45, 2.75) is 6.42 Å². The second-order valence-electron chi connectivity index (χ2n) is 4.84. The fourth-order valence-electron chi connectivity index (χ4n) is 2.24. The third-order valence-electron chi connectivity index (χ3n) is 3.37. The normalized spacial score (nSPS) is 11.0. The van der Waals surface area contributed by atoms with Gasteiger partial charge in [0.05, 0.1) is 5.52 Å². The Morgan fingerprint density at radius 1 is 1.24 bits per heavy atom. The zero-order valence-corrected chi connectivity index (χ0v) is 12.9. The minimum absolute atomic E-state index is 0.0125. The van der Waals surface area contributed by atoms with E-state index in [9.17, 15) is 9.59 Å². The molecule has 5 heteroatoms. The van der Waals surface area contributed by atoms with Gasteiger partial charge in [-0.05, 0) is 35.9 Å². The highest BCUT2D eigenvalue weighted by molar-refractivity contribution is 9.10. The molecule has 3 rings (SSSR count). The fraction of sp³-hybridized carbons (Fsp3) is 0.125. The third-order valence-corrected chi connectivity index (χ3v) is 3.86. The second kappa shape index (κ2) is 5.33. The molecular formula is C16H12BrNO3. The molecule has 4 nitrogen and oxygen atoms in total. The van der Waals surface area contributed by atoms with E-state index >= 15 is 0 Å². The molecule has 0 aliphatic rings. The summed E-state index contributed by atoms with van der Waals surface area (Å²) in [5.74, 6) is -0.442. The molecular weight excluding hydrogens is 334 g/mol. The van der Waals surface area contributed by atoms with Crippen LogP contribution in [-0.2, 0) is 13.5 Å². The first-order valence-electron chi connectivity index (χ1n) is 6.42. The van der Waals surface area contributed by atoms with Crippen LogP contribution in [-0.4, -0.2) is 10.4 Å². The van der Waals surface area contributed by atoms with Crippen molar-refractivity contribution in [2.75, 3.05) is 0 Å². The molecule has 0 atom stereocenters. The molecule has 0 fully saturated rings. The monoisotopic (exact) mass is 345 g/mol. The SMILES string of the molecule is Cn1c(=O)oc2cc(C(=O)Cc3cccc(Br)c3)ccc21. The zero-order chi connectivity index (χ0) is 15.0. The molecule has 0 saturated heterocycles. The van der Waals surface area contributed by atoms with Crippen LogP contribution in [0.5, 0.6) is 0 Å². The average Bonchev–Trinajstić information content (AvgIpc) is 2.73. The number of benzene rings is 2. The summed E-state index contributed by atoms with van der Waals surface area (Å²) in [6.45, 7) is 0. The van der Waals surface area contributed by atoms with Gasteiger partial charge in [0.2, 0.25) is 0 Å². The van der Waals surface area contributed by atoms with Gasteiger partial charge in [-0.3, -0.25) is 9.36 Å². The van der Waals surface area contributed by atoms with E-state index in [1.807, 2.05) is 24.3 Å². The number of aryl methyl sites for hydroxylation is 1. The molecule has 0 aliphatic carbocycles. The highest BCUT2D eigenvalue weighted by Gasteiger charge is 2.11. The molecule has 21 heavy (non-hydrogen) atoms. The Balaban J connectivity index is 1.93. The molecule has 0 spiro atoms. The fourth-order valence-corrected chi connectivity index (χ4v) is 2.69. The van der Waals surface area contributed by atoms with E-state index in [2.05, 4.69) is 15.9 Å². The summed E-state index contributed by atoms with van der Waals surface area (Å²) in [6, 6.07) is 12.7. The first-order chi connectivity index (χ1) is 10.0. The Hall–Kier alpha value is -2.14. The maximum absolute atomic E-state index is 12.3. The minimum Gasteiger partial charge on any atom is -0.408 e. The summed E-state index contributed by atoms with van der Waals surface area (Å²) in [6.07, 6.45) is 0.308. The lowest BCUT2D eigenvalue weighted by atomic mass is 10.0. The van der Waals surface area contributed by atoms with Crippen molar-refractivity contribution in [1.82, 2.24) is 4.57 Å². The van der Waals surface area contributed by atoms with E-state index in [1.165, 1.54) is 4.57 Å². The number of halogens is 1. The predicted octanol–water partition coefficient (Wildman–Crippen LogP) is 3.32. The van der Waals surface area contributed by atoms with Gasteiger partial charge in [0.15, 0.2) is 11.4 Å².